The number of likely N-dealkylation sites (tertiary alicyclic amines) is 1. The zero-order valence-electron chi connectivity index (χ0n) is 16.9. The van der Waals surface area contributed by atoms with Crippen LogP contribution in [0.4, 0.5) is 0 Å². The van der Waals surface area contributed by atoms with E-state index in [1.165, 1.54) is 11.3 Å². The fraction of sp³-hybridized carbons (Fsp3) is 0.545. The Bertz CT molecular complexity index is 966. The molecule has 3 aliphatic rings. The standard InChI is InChI=1S/C22H25N3O4S/c1-12-10-25(18-15(26)11-29-19(12)18)22(28)17(13-5-2-3-6-13)24-20(27)16-9-14-7-4-8-23-21(14)30-16/h4,7-9,12-13,17-19H,2-3,5-6,10-11H2,1H3,(H,24,27)/t12-,17-,18+,19+/m0/s1. The van der Waals surface area contributed by atoms with Gasteiger partial charge in [0.1, 0.15) is 23.5 Å². The first kappa shape index (κ1) is 19.6. The SMILES string of the molecule is C[C@H]1CN(C(=O)[C@@H](NC(=O)c2cc3cccnc3s2)C2CCCC2)[C@@H]2C(=O)CO[C@@H]21. The highest BCUT2D eigenvalue weighted by Crippen LogP contribution is 2.35. The normalized spacial score (nSPS) is 27.6. The predicted octanol–water partition coefficient (Wildman–Crippen LogP) is 2.40. The molecule has 158 valence electrons. The maximum Gasteiger partial charge on any atom is 0.262 e. The summed E-state index contributed by atoms with van der Waals surface area (Å²) in [5.74, 6) is -0.224. The molecule has 7 nitrogen and oxygen atoms in total. The zero-order chi connectivity index (χ0) is 20.8. The third-order valence-corrected chi connectivity index (χ3v) is 7.72. The smallest absolute Gasteiger partial charge is 0.262 e. The van der Waals surface area contributed by atoms with E-state index in [1.807, 2.05) is 25.1 Å². The van der Waals surface area contributed by atoms with E-state index in [4.69, 9.17) is 4.74 Å². The highest BCUT2D eigenvalue weighted by Gasteiger charge is 2.52. The van der Waals surface area contributed by atoms with Gasteiger partial charge in [-0.3, -0.25) is 14.4 Å². The van der Waals surface area contributed by atoms with Crippen molar-refractivity contribution in [1.29, 1.82) is 0 Å². The number of carbonyl (C=O) groups is 3. The van der Waals surface area contributed by atoms with Crippen molar-refractivity contribution < 1.29 is 19.1 Å². The monoisotopic (exact) mass is 427 g/mol. The number of Topliss-reactive ketones (excluding diaryl/α,β-unsaturated/α-hetero) is 1. The van der Waals surface area contributed by atoms with Gasteiger partial charge in [-0.05, 0) is 30.9 Å². The summed E-state index contributed by atoms with van der Waals surface area (Å²) in [5, 5.41) is 3.94. The molecule has 2 aliphatic heterocycles. The number of rotatable bonds is 4. The number of hydrogen-bond acceptors (Lipinski definition) is 6. The van der Waals surface area contributed by atoms with Gasteiger partial charge in [0.05, 0.1) is 11.0 Å². The van der Waals surface area contributed by atoms with Gasteiger partial charge in [0.25, 0.3) is 5.91 Å². The second kappa shape index (κ2) is 7.74. The number of aromatic nitrogens is 1. The van der Waals surface area contributed by atoms with Gasteiger partial charge in [-0.1, -0.05) is 25.8 Å². The summed E-state index contributed by atoms with van der Waals surface area (Å²) >= 11 is 1.33. The summed E-state index contributed by atoms with van der Waals surface area (Å²) in [6.07, 6.45) is 5.41. The molecule has 0 unspecified atom stereocenters. The summed E-state index contributed by atoms with van der Waals surface area (Å²) in [6.45, 7) is 2.57. The number of pyridine rings is 1. The number of amides is 2. The molecule has 0 bridgehead atoms. The second-order valence-corrected chi connectivity index (χ2v) is 9.69. The lowest BCUT2D eigenvalue weighted by Gasteiger charge is -2.30. The molecule has 2 amide bonds. The van der Waals surface area contributed by atoms with E-state index in [9.17, 15) is 14.4 Å². The third kappa shape index (κ3) is 3.32. The Morgan fingerprint density at radius 1 is 1.33 bits per heavy atom. The molecule has 2 saturated heterocycles. The molecule has 1 saturated carbocycles. The fourth-order valence-corrected chi connectivity index (χ4v) is 6.07. The van der Waals surface area contributed by atoms with Gasteiger partial charge < -0.3 is 15.0 Å². The van der Waals surface area contributed by atoms with E-state index >= 15 is 0 Å². The second-order valence-electron chi connectivity index (χ2n) is 8.66. The average molecular weight is 428 g/mol. The number of hydrogen-bond donors (Lipinski definition) is 1. The van der Waals surface area contributed by atoms with Crippen LogP contribution >= 0.6 is 11.3 Å². The van der Waals surface area contributed by atoms with Crippen molar-refractivity contribution in [3.05, 3.63) is 29.3 Å². The molecule has 30 heavy (non-hydrogen) atoms. The molecule has 2 aromatic rings. The Kier molecular flexibility index (Phi) is 5.06. The number of nitrogens with zero attached hydrogens (tertiary/aromatic N) is 2. The van der Waals surface area contributed by atoms with Crippen LogP contribution in [0.3, 0.4) is 0 Å². The number of ketones is 1. The number of carbonyl (C=O) groups excluding carboxylic acids is 3. The van der Waals surface area contributed by atoms with Crippen molar-refractivity contribution in [2.75, 3.05) is 13.2 Å². The molecule has 4 atom stereocenters. The lowest BCUT2D eigenvalue weighted by molar-refractivity contribution is -0.139. The predicted molar refractivity (Wildman–Crippen MR) is 112 cm³/mol. The van der Waals surface area contributed by atoms with Crippen LogP contribution in [0.2, 0.25) is 0 Å². The van der Waals surface area contributed by atoms with Crippen LogP contribution in [0.25, 0.3) is 10.2 Å². The van der Waals surface area contributed by atoms with Crippen LogP contribution < -0.4 is 5.32 Å². The summed E-state index contributed by atoms with van der Waals surface area (Å²) < 4.78 is 5.64. The molecule has 8 heteroatoms. The highest BCUT2D eigenvalue weighted by molar-refractivity contribution is 7.20. The van der Waals surface area contributed by atoms with Crippen molar-refractivity contribution in [3.63, 3.8) is 0 Å². The number of fused-ring (bicyclic) bond motifs is 2. The van der Waals surface area contributed by atoms with E-state index in [-0.39, 0.29) is 42.1 Å². The maximum atomic E-state index is 13.6. The Balaban J connectivity index is 1.40. The van der Waals surface area contributed by atoms with Crippen LogP contribution in [0.1, 0.15) is 42.3 Å². The lowest BCUT2D eigenvalue weighted by Crippen LogP contribution is -2.54. The van der Waals surface area contributed by atoms with Crippen molar-refractivity contribution in [2.45, 2.75) is 50.8 Å². The molecule has 0 aromatic carbocycles. The topological polar surface area (TPSA) is 88.6 Å². The van der Waals surface area contributed by atoms with Crippen LogP contribution in [0.15, 0.2) is 24.4 Å². The van der Waals surface area contributed by atoms with Gasteiger partial charge in [-0.2, -0.15) is 0 Å². The lowest BCUT2D eigenvalue weighted by atomic mass is 9.96. The average Bonchev–Trinajstić information content (AvgIpc) is 3.52. The van der Waals surface area contributed by atoms with Crippen LogP contribution in [-0.4, -0.2) is 58.8 Å². The van der Waals surface area contributed by atoms with E-state index in [0.29, 0.717) is 11.4 Å². The zero-order valence-corrected chi connectivity index (χ0v) is 17.7. The minimum Gasteiger partial charge on any atom is -0.367 e. The van der Waals surface area contributed by atoms with E-state index < -0.39 is 12.1 Å². The summed E-state index contributed by atoms with van der Waals surface area (Å²) in [7, 11) is 0. The van der Waals surface area contributed by atoms with E-state index in [2.05, 4.69) is 10.3 Å². The minimum absolute atomic E-state index is 0.0372. The number of thiophene rings is 1. The molecule has 2 aromatic heterocycles. The van der Waals surface area contributed by atoms with Gasteiger partial charge in [-0.15, -0.1) is 11.3 Å². The molecule has 1 N–H and O–H groups in total. The van der Waals surface area contributed by atoms with Crippen molar-refractivity contribution in [2.24, 2.45) is 11.8 Å². The van der Waals surface area contributed by atoms with Gasteiger partial charge in [-0.25, -0.2) is 4.98 Å². The fourth-order valence-electron chi connectivity index (χ4n) is 5.17. The van der Waals surface area contributed by atoms with Crippen LogP contribution in [0, 0.1) is 11.8 Å². The third-order valence-electron chi connectivity index (χ3n) is 6.66. The Morgan fingerprint density at radius 2 is 2.13 bits per heavy atom. The highest BCUT2D eigenvalue weighted by atomic mass is 32.1. The van der Waals surface area contributed by atoms with Crippen LogP contribution in [-0.2, 0) is 14.3 Å². The molecule has 3 fully saturated rings. The van der Waals surface area contributed by atoms with Crippen molar-refractivity contribution in [3.8, 4) is 0 Å². The first-order valence-electron chi connectivity index (χ1n) is 10.6. The summed E-state index contributed by atoms with van der Waals surface area (Å²) in [4.78, 5) is 46.4. The molecule has 1 aliphatic carbocycles. The molecule has 0 spiro atoms. The van der Waals surface area contributed by atoms with Crippen molar-refractivity contribution in [1.82, 2.24) is 15.2 Å². The molecular weight excluding hydrogens is 402 g/mol. The Labute approximate surface area is 178 Å². The van der Waals surface area contributed by atoms with Crippen LogP contribution in [0.5, 0.6) is 0 Å². The van der Waals surface area contributed by atoms with E-state index in [1.54, 1.807) is 11.1 Å². The molecular formula is C22H25N3O4S. The minimum atomic E-state index is -0.613. The molecule has 5 rings (SSSR count). The van der Waals surface area contributed by atoms with Gasteiger partial charge in [0, 0.05) is 24.0 Å². The van der Waals surface area contributed by atoms with Gasteiger partial charge >= 0.3 is 0 Å². The summed E-state index contributed by atoms with van der Waals surface area (Å²) in [5.41, 5.74) is 0. The molecule has 4 heterocycles. The maximum absolute atomic E-state index is 13.6. The number of nitrogens with one attached hydrogen (secondary N) is 1. The quantitative estimate of drug-likeness (QED) is 0.810. The van der Waals surface area contributed by atoms with Crippen molar-refractivity contribution >= 4 is 39.2 Å². The molecule has 0 radical (unpaired) electrons. The first-order valence-corrected chi connectivity index (χ1v) is 11.4. The van der Waals surface area contributed by atoms with Gasteiger partial charge in [0.2, 0.25) is 5.91 Å². The Morgan fingerprint density at radius 3 is 2.90 bits per heavy atom. The number of ether oxygens (including phenoxy) is 1. The largest absolute Gasteiger partial charge is 0.367 e. The van der Waals surface area contributed by atoms with E-state index in [0.717, 1.165) is 35.9 Å². The summed E-state index contributed by atoms with van der Waals surface area (Å²) in [6, 6.07) is 4.46. The van der Waals surface area contributed by atoms with Gasteiger partial charge in [0.15, 0.2) is 5.78 Å². The first-order chi connectivity index (χ1) is 14.5. The Hall–Kier alpha value is -2.32.